The summed E-state index contributed by atoms with van der Waals surface area (Å²) in [6.45, 7) is 4.57. The molecule has 1 N–H and O–H groups in total. The number of anilines is 1. The molecule has 2 aromatic heterocycles. The van der Waals surface area contributed by atoms with E-state index >= 15 is 0 Å². The number of benzene rings is 2. The summed E-state index contributed by atoms with van der Waals surface area (Å²) in [6.07, 6.45) is 0. The van der Waals surface area contributed by atoms with Crippen molar-refractivity contribution < 1.29 is 13.9 Å². The minimum atomic E-state index is -0.320. The van der Waals surface area contributed by atoms with Crippen LogP contribution in [0.1, 0.15) is 22.4 Å². The number of furan rings is 1. The summed E-state index contributed by atoms with van der Waals surface area (Å²) in [6, 6.07) is 15.1. The average molecular weight is 457 g/mol. The number of carbonyl (C=O) groups excluding carboxylic acids is 1. The van der Waals surface area contributed by atoms with Crippen LogP contribution in [0, 0.1) is 6.92 Å². The molecule has 0 saturated heterocycles. The average Bonchev–Trinajstić information content (AvgIpc) is 3.25. The Morgan fingerprint density at radius 3 is 2.75 bits per heavy atom. The van der Waals surface area contributed by atoms with E-state index in [2.05, 4.69) is 26.2 Å². The van der Waals surface area contributed by atoms with Gasteiger partial charge in [-0.3, -0.25) is 10.1 Å². The maximum Gasteiger partial charge on any atom is 0.293 e. The lowest BCUT2D eigenvalue weighted by molar-refractivity contribution is 0.0998. The minimum Gasteiger partial charge on any atom is -0.494 e. The topological polar surface area (TPSA) is 64.4 Å². The van der Waals surface area contributed by atoms with Crippen molar-refractivity contribution >= 4 is 49.3 Å². The van der Waals surface area contributed by atoms with E-state index in [9.17, 15) is 4.79 Å². The predicted molar refractivity (Wildman–Crippen MR) is 115 cm³/mol. The Labute approximate surface area is 174 Å². The van der Waals surface area contributed by atoms with Crippen molar-refractivity contribution in [2.75, 3.05) is 11.9 Å². The first kappa shape index (κ1) is 18.7. The van der Waals surface area contributed by atoms with Crippen molar-refractivity contribution in [1.29, 1.82) is 0 Å². The quantitative estimate of drug-likeness (QED) is 0.383. The van der Waals surface area contributed by atoms with E-state index in [1.807, 2.05) is 56.3 Å². The second kappa shape index (κ2) is 7.77. The zero-order chi connectivity index (χ0) is 19.7. The SMILES string of the molecule is CCOc1ccc(-c2nc(NC(=O)c3cc4cc(Br)ccc4o3)sc2C)cc1. The number of amides is 1. The lowest BCUT2D eigenvalue weighted by atomic mass is 10.1. The van der Waals surface area contributed by atoms with E-state index < -0.39 is 0 Å². The van der Waals surface area contributed by atoms with Gasteiger partial charge in [-0.05, 0) is 62.4 Å². The summed E-state index contributed by atoms with van der Waals surface area (Å²) < 4.78 is 12.1. The third-order valence-corrected chi connectivity index (χ3v) is 5.54. The van der Waals surface area contributed by atoms with Crippen molar-refractivity contribution in [2.45, 2.75) is 13.8 Å². The normalized spacial score (nSPS) is 11.0. The van der Waals surface area contributed by atoms with Gasteiger partial charge in [0.15, 0.2) is 10.9 Å². The number of halogens is 1. The molecule has 0 saturated carbocycles. The Bertz CT molecular complexity index is 1150. The van der Waals surface area contributed by atoms with Crippen molar-refractivity contribution in [2.24, 2.45) is 0 Å². The second-order valence-electron chi connectivity index (χ2n) is 6.13. The molecule has 2 aromatic carbocycles. The van der Waals surface area contributed by atoms with Gasteiger partial charge in [0, 0.05) is 20.3 Å². The molecule has 7 heteroatoms. The molecule has 28 heavy (non-hydrogen) atoms. The fourth-order valence-electron chi connectivity index (χ4n) is 2.88. The summed E-state index contributed by atoms with van der Waals surface area (Å²) in [4.78, 5) is 18.2. The van der Waals surface area contributed by atoms with Gasteiger partial charge in [0.05, 0.1) is 12.3 Å². The van der Waals surface area contributed by atoms with Gasteiger partial charge in [-0.25, -0.2) is 4.98 Å². The smallest absolute Gasteiger partial charge is 0.293 e. The number of aryl methyl sites for hydroxylation is 1. The van der Waals surface area contributed by atoms with Gasteiger partial charge in [0.2, 0.25) is 0 Å². The highest BCUT2D eigenvalue weighted by molar-refractivity contribution is 9.10. The lowest BCUT2D eigenvalue weighted by Crippen LogP contribution is -2.10. The molecule has 142 valence electrons. The number of aromatic nitrogens is 1. The lowest BCUT2D eigenvalue weighted by Gasteiger charge is -2.04. The molecule has 1 amide bonds. The Kier molecular flexibility index (Phi) is 5.19. The molecule has 4 rings (SSSR count). The number of nitrogens with zero attached hydrogens (tertiary/aromatic N) is 1. The number of hydrogen-bond donors (Lipinski definition) is 1. The van der Waals surface area contributed by atoms with Crippen LogP contribution < -0.4 is 10.1 Å². The molecule has 0 aliphatic rings. The molecule has 2 heterocycles. The highest BCUT2D eigenvalue weighted by Gasteiger charge is 2.16. The Morgan fingerprint density at radius 2 is 2.00 bits per heavy atom. The Hall–Kier alpha value is -2.64. The monoisotopic (exact) mass is 456 g/mol. The molecular weight excluding hydrogens is 440 g/mol. The second-order valence-corrected chi connectivity index (χ2v) is 8.25. The van der Waals surface area contributed by atoms with Gasteiger partial charge in [0.25, 0.3) is 5.91 Å². The molecule has 4 aromatic rings. The first-order valence-electron chi connectivity index (χ1n) is 8.74. The summed E-state index contributed by atoms with van der Waals surface area (Å²) >= 11 is 4.85. The predicted octanol–water partition coefficient (Wildman–Crippen LogP) is 6.28. The summed E-state index contributed by atoms with van der Waals surface area (Å²) in [5.74, 6) is 0.757. The van der Waals surface area contributed by atoms with Crippen molar-refractivity contribution in [3.05, 3.63) is 63.6 Å². The molecule has 0 radical (unpaired) electrons. The number of nitrogens with one attached hydrogen (secondary N) is 1. The zero-order valence-electron chi connectivity index (χ0n) is 15.3. The number of rotatable bonds is 5. The standard InChI is InChI=1S/C21H17BrN2O3S/c1-3-26-16-7-4-13(5-8-16)19-12(2)28-21(23-19)24-20(25)18-11-14-10-15(22)6-9-17(14)27-18/h4-11H,3H2,1-2H3,(H,23,24,25). The van der Waals surface area contributed by atoms with Gasteiger partial charge in [0.1, 0.15) is 11.3 Å². The number of hydrogen-bond acceptors (Lipinski definition) is 5. The van der Waals surface area contributed by atoms with E-state index in [1.165, 1.54) is 11.3 Å². The van der Waals surface area contributed by atoms with E-state index in [0.29, 0.717) is 17.3 Å². The molecule has 0 atom stereocenters. The molecule has 0 aliphatic heterocycles. The fraction of sp³-hybridized carbons (Fsp3) is 0.143. The zero-order valence-corrected chi connectivity index (χ0v) is 17.7. The van der Waals surface area contributed by atoms with Crippen LogP contribution in [0.4, 0.5) is 5.13 Å². The van der Waals surface area contributed by atoms with Crippen LogP contribution in [-0.2, 0) is 0 Å². The molecule has 0 unspecified atom stereocenters. The van der Waals surface area contributed by atoms with Crippen LogP contribution in [0.2, 0.25) is 0 Å². The first-order chi connectivity index (χ1) is 13.5. The van der Waals surface area contributed by atoms with Gasteiger partial charge in [-0.15, -0.1) is 11.3 Å². The van der Waals surface area contributed by atoms with Crippen LogP contribution in [0.3, 0.4) is 0 Å². The van der Waals surface area contributed by atoms with Crippen LogP contribution in [0.5, 0.6) is 5.75 Å². The fourth-order valence-corrected chi connectivity index (χ4v) is 4.09. The van der Waals surface area contributed by atoms with Gasteiger partial charge < -0.3 is 9.15 Å². The molecule has 0 aliphatic carbocycles. The highest BCUT2D eigenvalue weighted by atomic mass is 79.9. The highest BCUT2D eigenvalue weighted by Crippen LogP contribution is 2.32. The molecule has 5 nitrogen and oxygen atoms in total. The molecule has 0 bridgehead atoms. The van der Waals surface area contributed by atoms with Crippen molar-refractivity contribution in [3.8, 4) is 17.0 Å². The number of carbonyl (C=O) groups is 1. The molecule has 0 fully saturated rings. The van der Waals surface area contributed by atoms with Crippen LogP contribution >= 0.6 is 27.3 Å². The van der Waals surface area contributed by atoms with Gasteiger partial charge >= 0.3 is 0 Å². The maximum atomic E-state index is 12.6. The third kappa shape index (κ3) is 3.81. The minimum absolute atomic E-state index is 0.253. The Balaban J connectivity index is 1.54. The van der Waals surface area contributed by atoms with Gasteiger partial charge in [-0.2, -0.15) is 0 Å². The number of ether oxygens (including phenoxy) is 1. The molecule has 0 spiro atoms. The third-order valence-electron chi connectivity index (χ3n) is 4.16. The van der Waals surface area contributed by atoms with E-state index in [0.717, 1.165) is 31.7 Å². The first-order valence-corrected chi connectivity index (χ1v) is 10.4. The summed E-state index contributed by atoms with van der Waals surface area (Å²) in [7, 11) is 0. The Morgan fingerprint density at radius 1 is 1.21 bits per heavy atom. The summed E-state index contributed by atoms with van der Waals surface area (Å²) in [5, 5.41) is 4.24. The van der Waals surface area contributed by atoms with E-state index in [-0.39, 0.29) is 11.7 Å². The van der Waals surface area contributed by atoms with Crippen molar-refractivity contribution in [3.63, 3.8) is 0 Å². The van der Waals surface area contributed by atoms with Gasteiger partial charge in [-0.1, -0.05) is 15.9 Å². The van der Waals surface area contributed by atoms with Crippen molar-refractivity contribution in [1.82, 2.24) is 4.98 Å². The van der Waals surface area contributed by atoms with Crippen LogP contribution in [-0.4, -0.2) is 17.5 Å². The van der Waals surface area contributed by atoms with E-state index in [1.54, 1.807) is 6.07 Å². The van der Waals surface area contributed by atoms with Crippen LogP contribution in [0.15, 0.2) is 57.4 Å². The number of fused-ring (bicyclic) bond motifs is 1. The maximum absolute atomic E-state index is 12.6. The van der Waals surface area contributed by atoms with E-state index in [4.69, 9.17) is 9.15 Å². The largest absolute Gasteiger partial charge is 0.494 e. The summed E-state index contributed by atoms with van der Waals surface area (Å²) in [5.41, 5.74) is 2.49. The molecular formula is C21H17BrN2O3S. The van der Waals surface area contributed by atoms with Crippen LogP contribution in [0.25, 0.3) is 22.2 Å². The number of thiazole rings is 1.